The highest BCUT2D eigenvalue weighted by molar-refractivity contribution is 4.48. The zero-order valence-electron chi connectivity index (χ0n) is 11.6. The quantitative estimate of drug-likeness (QED) is 0.363. The third-order valence-corrected chi connectivity index (χ3v) is 3.14. The van der Waals surface area contributed by atoms with Crippen molar-refractivity contribution in [3.63, 3.8) is 0 Å². The molecule has 2 heteroatoms. The molecule has 0 fully saturated rings. The van der Waals surface area contributed by atoms with Crippen LogP contribution in [0.4, 0.5) is 0 Å². The second-order valence-corrected chi connectivity index (χ2v) is 4.72. The lowest BCUT2D eigenvalue weighted by Crippen LogP contribution is -2.17. The number of hydroxylamine groups is 2. The molecular weight excluding hydrogens is 198 g/mol. The first-order valence-electron chi connectivity index (χ1n) is 7.06. The van der Waals surface area contributed by atoms with Crippen molar-refractivity contribution < 1.29 is 4.84 Å². The van der Waals surface area contributed by atoms with E-state index in [1.807, 2.05) is 12.1 Å². The minimum atomic E-state index is 1.06. The molecule has 0 bridgehead atoms. The molecule has 0 saturated carbocycles. The molecule has 16 heavy (non-hydrogen) atoms. The molecule has 0 heterocycles. The maximum atomic E-state index is 5.07. The van der Waals surface area contributed by atoms with Gasteiger partial charge in [0.15, 0.2) is 0 Å². The zero-order chi connectivity index (χ0) is 12.1. The second-order valence-electron chi connectivity index (χ2n) is 4.72. The lowest BCUT2D eigenvalue weighted by Gasteiger charge is -2.12. The Hall–Kier alpha value is -0.0800. The molecule has 0 rings (SSSR count). The maximum absolute atomic E-state index is 5.07. The van der Waals surface area contributed by atoms with Crippen LogP contribution in [0.15, 0.2) is 0 Å². The summed E-state index contributed by atoms with van der Waals surface area (Å²) in [6.07, 6.45) is 14.0. The van der Waals surface area contributed by atoms with Crippen LogP contribution in [0.5, 0.6) is 0 Å². The van der Waals surface area contributed by atoms with E-state index in [0.29, 0.717) is 0 Å². The van der Waals surface area contributed by atoms with Crippen LogP contribution in [-0.4, -0.2) is 25.8 Å². The molecule has 0 spiro atoms. The fourth-order valence-corrected chi connectivity index (χ4v) is 1.91. The molecule has 0 aromatic rings. The number of unbranched alkanes of at least 4 members (excludes halogenated alkanes) is 9. The van der Waals surface area contributed by atoms with Crippen molar-refractivity contribution >= 4 is 0 Å². The van der Waals surface area contributed by atoms with Gasteiger partial charge >= 0.3 is 0 Å². The summed E-state index contributed by atoms with van der Waals surface area (Å²) in [6, 6.07) is 0. The third-order valence-electron chi connectivity index (χ3n) is 3.14. The van der Waals surface area contributed by atoms with Crippen LogP contribution in [0.25, 0.3) is 0 Å². The summed E-state index contributed by atoms with van der Waals surface area (Å²) in [7, 11) is 3.73. The SMILES string of the molecule is CCCCCCCCCCCCN(C)OC. The topological polar surface area (TPSA) is 12.5 Å². The molecule has 0 aliphatic rings. The van der Waals surface area contributed by atoms with E-state index in [0.717, 1.165) is 6.54 Å². The van der Waals surface area contributed by atoms with Crippen LogP contribution in [0.3, 0.4) is 0 Å². The van der Waals surface area contributed by atoms with Crippen LogP contribution in [0, 0.1) is 0 Å². The van der Waals surface area contributed by atoms with E-state index in [4.69, 9.17) is 4.84 Å². The highest BCUT2D eigenvalue weighted by atomic mass is 16.7. The van der Waals surface area contributed by atoms with Gasteiger partial charge < -0.3 is 4.84 Å². The standard InChI is InChI=1S/C14H31NO/c1-4-5-6-7-8-9-10-11-12-13-14-15(2)16-3/h4-14H2,1-3H3. The van der Waals surface area contributed by atoms with E-state index >= 15 is 0 Å². The number of rotatable bonds is 12. The van der Waals surface area contributed by atoms with Gasteiger partial charge in [0.1, 0.15) is 0 Å². The van der Waals surface area contributed by atoms with Gasteiger partial charge in [-0.05, 0) is 6.42 Å². The molecule has 2 nitrogen and oxygen atoms in total. The average Bonchev–Trinajstić information content (AvgIpc) is 2.31. The molecule has 0 saturated heterocycles. The molecule has 0 atom stereocenters. The number of hydrogen-bond acceptors (Lipinski definition) is 2. The fraction of sp³-hybridized carbons (Fsp3) is 1.00. The van der Waals surface area contributed by atoms with Crippen molar-refractivity contribution in [3.8, 4) is 0 Å². The first-order valence-corrected chi connectivity index (χ1v) is 7.06. The van der Waals surface area contributed by atoms with Gasteiger partial charge in [0, 0.05) is 13.6 Å². The van der Waals surface area contributed by atoms with Crippen LogP contribution >= 0.6 is 0 Å². The minimum absolute atomic E-state index is 1.06. The summed E-state index contributed by atoms with van der Waals surface area (Å²) in [6.45, 7) is 3.34. The van der Waals surface area contributed by atoms with E-state index in [1.54, 1.807) is 7.11 Å². The summed E-state index contributed by atoms with van der Waals surface area (Å²) in [5, 5.41) is 1.91. The van der Waals surface area contributed by atoms with Gasteiger partial charge in [-0.25, -0.2) is 0 Å². The van der Waals surface area contributed by atoms with Gasteiger partial charge in [-0.2, -0.15) is 5.06 Å². The second kappa shape index (κ2) is 13.0. The Morgan fingerprint density at radius 2 is 1.19 bits per heavy atom. The van der Waals surface area contributed by atoms with E-state index in [9.17, 15) is 0 Å². The summed E-state index contributed by atoms with van der Waals surface area (Å²) in [5.41, 5.74) is 0. The fourth-order valence-electron chi connectivity index (χ4n) is 1.91. The predicted octanol–water partition coefficient (Wildman–Crippen LogP) is 4.40. The molecule has 98 valence electrons. The Bertz CT molecular complexity index is 128. The molecule has 0 unspecified atom stereocenters. The van der Waals surface area contributed by atoms with Crippen molar-refractivity contribution in [1.29, 1.82) is 0 Å². The molecular formula is C14H31NO. The van der Waals surface area contributed by atoms with Gasteiger partial charge in [0.25, 0.3) is 0 Å². The molecule has 0 aliphatic heterocycles. The summed E-state index contributed by atoms with van der Waals surface area (Å²) in [5.74, 6) is 0. The molecule has 0 radical (unpaired) electrons. The highest BCUT2D eigenvalue weighted by Gasteiger charge is 1.95. The first-order chi connectivity index (χ1) is 7.81. The maximum Gasteiger partial charge on any atom is 0.0575 e. The highest BCUT2D eigenvalue weighted by Crippen LogP contribution is 2.10. The molecule has 0 aliphatic carbocycles. The van der Waals surface area contributed by atoms with E-state index in [-0.39, 0.29) is 0 Å². The number of hydrogen-bond donors (Lipinski definition) is 0. The smallest absolute Gasteiger partial charge is 0.0575 e. The van der Waals surface area contributed by atoms with Crippen molar-refractivity contribution in [1.82, 2.24) is 5.06 Å². The summed E-state index contributed by atoms with van der Waals surface area (Å²) in [4.78, 5) is 5.07. The van der Waals surface area contributed by atoms with Crippen molar-refractivity contribution in [2.45, 2.75) is 71.1 Å². The summed E-state index contributed by atoms with van der Waals surface area (Å²) < 4.78 is 0. The van der Waals surface area contributed by atoms with Crippen molar-refractivity contribution in [3.05, 3.63) is 0 Å². The van der Waals surface area contributed by atoms with Crippen LogP contribution in [-0.2, 0) is 4.84 Å². The minimum Gasteiger partial charge on any atom is -0.303 e. The third kappa shape index (κ3) is 12.0. The largest absolute Gasteiger partial charge is 0.303 e. The van der Waals surface area contributed by atoms with Gasteiger partial charge in [-0.3, -0.25) is 0 Å². The monoisotopic (exact) mass is 229 g/mol. The Labute approximate surface area is 102 Å². The molecule has 0 N–H and O–H groups in total. The Balaban J connectivity index is 2.93. The summed E-state index contributed by atoms with van der Waals surface area (Å²) >= 11 is 0. The molecule has 0 amide bonds. The Morgan fingerprint density at radius 3 is 1.62 bits per heavy atom. The van der Waals surface area contributed by atoms with Crippen molar-refractivity contribution in [2.24, 2.45) is 0 Å². The van der Waals surface area contributed by atoms with E-state index in [1.165, 1.54) is 64.2 Å². The van der Waals surface area contributed by atoms with Crippen LogP contribution < -0.4 is 0 Å². The van der Waals surface area contributed by atoms with Crippen LogP contribution in [0.1, 0.15) is 71.1 Å². The average molecular weight is 229 g/mol. The van der Waals surface area contributed by atoms with E-state index in [2.05, 4.69) is 6.92 Å². The van der Waals surface area contributed by atoms with Gasteiger partial charge in [0.2, 0.25) is 0 Å². The normalized spacial score (nSPS) is 11.2. The number of nitrogens with zero attached hydrogens (tertiary/aromatic N) is 1. The van der Waals surface area contributed by atoms with Gasteiger partial charge in [0.05, 0.1) is 7.11 Å². The zero-order valence-corrected chi connectivity index (χ0v) is 11.6. The van der Waals surface area contributed by atoms with Crippen molar-refractivity contribution in [2.75, 3.05) is 20.7 Å². The lowest BCUT2D eigenvalue weighted by molar-refractivity contribution is -0.109. The van der Waals surface area contributed by atoms with Gasteiger partial charge in [-0.15, -0.1) is 0 Å². The van der Waals surface area contributed by atoms with E-state index < -0.39 is 0 Å². The van der Waals surface area contributed by atoms with Gasteiger partial charge in [-0.1, -0.05) is 64.7 Å². The van der Waals surface area contributed by atoms with Crippen LogP contribution in [0.2, 0.25) is 0 Å². The molecule has 0 aromatic carbocycles. The molecule has 0 aromatic heterocycles. The first kappa shape index (κ1) is 15.9. The predicted molar refractivity (Wildman–Crippen MR) is 71.5 cm³/mol. The Morgan fingerprint density at radius 1 is 0.750 bits per heavy atom. The Kier molecular flexibility index (Phi) is 12.9. The lowest BCUT2D eigenvalue weighted by atomic mass is 10.1.